The quantitative estimate of drug-likeness (QED) is 0.749. The standard InChI is InChI=1S/C9H15Cl2NO2/c1-6(2)3-8(9(13)14)12-5-7(11)4-10/h4,6,8,12H,3,5H2,1-2H3,(H,13,14). The van der Waals surface area contributed by atoms with Crippen LogP contribution in [0.1, 0.15) is 20.3 Å². The summed E-state index contributed by atoms with van der Waals surface area (Å²) in [5, 5.41) is 12.1. The number of nitrogens with one attached hydrogen (secondary N) is 1. The molecule has 1 atom stereocenters. The first-order valence-corrected chi connectivity index (χ1v) is 5.19. The number of carbonyl (C=O) groups is 1. The highest BCUT2D eigenvalue weighted by molar-refractivity contribution is 6.36. The third-order valence-electron chi connectivity index (χ3n) is 1.64. The number of halogens is 2. The zero-order chi connectivity index (χ0) is 11.1. The molecule has 82 valence electrons. The minimum atomic E-state index is -0.863. The maximum absolute atomic E-state index is 10.8. The molecule has 3 nitrogen and oxygen atoms in total. The third kappa shape index (κ3) is 6.24. The van der Waals surface area contributed by atoms with Gasteiger partial charge in [0.1, 0.15) is 6.04 Å². The molecule has 2 N–H and O–H groups in total. The Bertz CT molecular complexity index is 217. The monoisotopic (exact) mass is 239 g/mol. The molecule has 0 aromatic rings. The summed E-state index contributed by atoms with van der Waals surface area (Å²) in [7, 11) is 0. The normalized spacial score (nSPS) is 14.5. The van der Waals surface area contributed by atoms with Crippen LogP contribution in [0.3, 0.4) is 0 Å². The molecule has 0 aromatic heterocycles. The highest BCUT2D eigenvalue weighted by Gasteiger charge is 2.17. The van der Waals surface area contributed by atoms with E-state index >= 15 is 0 Å². The molecule has 0 aromatic carbocycles. The van der Waals surface area contributed by atoms with Gasteiger partial charge in [-0.15, -0.1) is 0 Å². The number of hydrogen-bond acceptors (Lipinski definition) is 2. The molecule has 5 heteroatoms. The van der Waals surface area contributed by atoms with Crippen molar-refractivity contribution in [1.29, 1.82) is 0 Å². The first kappa shape index (κ1) is 13.8. The van der Waals surface area contributed by atoms with Crippen LogP contribution in [0, 0.1) is 5.92 Å². The summed E-state index contributed by atoms with van der Waals surface area (Å²) in [5.74, 6) is -0.542. The van der Waals surface area contributed by atoms with Crippen molar-refractivity contribution in [2.45, 2.75) is 26.3 Å². The summed E-state index contributed by atoms with van der Waals surface area (Å²) in [6.07, 6.45) is 0.571. The van der Waals surface area contributed by atoms with Crippen LogP contribution < -0.4 is 5.32 Å². The van der Waals surface area contributed by atoms with Crippen molar-refractivity contribution in [3.63, 3.8) is 0 Å². The maximum atomic E-state index is 10.8. The van der Waals surface area contributed by atoms with Crippen molar-refractivity contribution in [3.8, 4) is 0 Å². The van der Waals surface area contributed by atoms with E-state index in [0.717, 1.165) is 0 Å². The molecule has 0 aliphatic rings. The molecule has 0 fully saturated rings. The summed E-state index contributed by atoms with van der Waals surface area (Å²) in [6, 6.07) is -0.569. The average molecular weight is 240 g/mol. The lowest BCUT2D eigenvalue weighted by Crippen LogP contribution is -2.38. The molecule has 0 radical (unpaired) electrons. The summed E-state index contributed by atoms with van der Waals surface area (Å²) in [5.41, 5.74) is 1.23. The van der Waals surface area contributed by atoms with Crippen LogP contribution in [-0.2, 0) is 4.79 Å². The molecule has 0 rings (SSSR count). The number of carboxylic acid groups (broad SMARTS) is 1. The molecular formula is C9H15Cl2NO2. The number of carboxylic acids is 1. The van der Waals surface area contributed by atoms with E-state index in [1.54, 1.807) is 0 Å². The van der Waals surface area contributed by atoms with Crippen molar-refractivity contribution < 1.29 is 9.90 Å². The second-order valence-corrected chi connectivity index (χ2v) is 4.16. The van der Waals surface area contributed by atoms with E-state index in [0.29, 0.717) is 17.4 Å². The van der Waals surface area contributed by atoms with Crippen LogP contribution in [0.2, 0.25) is 0 Å². The van der Waals surface area contributed by atoms with Gasteiger partial charge in [-0.1, -0.05) is 37.0 Å². The number of hydrogen-bond donors (Lipinski definition) is 2. The number of rotatable bonds is 6. The van der Waals surface area contributed by atoms with Crippen LogP contribution in [-0.4, -0.2) is 23.7 Å². The van der Waals surface area contributed by atoms with Gasteiger partial charge in [-0.2, -0.15) is 0 Å². The zero-order valence-corrected chi connectivity index (χ0v) is 9.77. The Balaban J connectivity index is 4.04. The molecule has 0 saturated heterocycles. The van der Waals surface area contributed by atoms with Gasteiger partial charge < -0.3 is 5.11 Å². The summed E-state index contributed by atoms with van der Waals surface area (Å²) in [6.45, 7) is 4.22. The minimum absolute atomic E-state index is 0.286. The molecule has 1 unspecified atom stereocenters. The molecule has 0 heterocycles. The van der Waals surface area contributed by atoms with Gasteiger partial charge in [0.25, 0.3) is 0 Å². The zero-order valence-electron chi connectivity index (χ0n) is 8.26. The predicted octanol–water partition coefficient (Wildman–Crippen LogP) is 2.39. The van der Waals surface area contributed by atoms with Gasteiger partial charge in [-0.25, -0.2) is 0 Å². The van der Waals surface area contributed by atoms with Crippen LogP contribution in [0.15, 0.2) is 10.6 Å². The Kier molecular flexibility index (Phi) is 6.97. The van der Waals surface area contributed by atoms with Crippen LogP contribution in [0.4, 0.5) is 0 Å². The fraction of sp³-hybridized carbons (Fsp3) is 0.667. The van der Waals surface area contributed by atoms with Crippen molar-refractivity contribution >= 4 is 29.2 Å². The smallest absolute Gasteiger partial charge is 0.320 e. The molecule has 0 aliphatic heterocycles. The van der Waals surface area contributed by atoms with Gasteiger partial charge in [-0.3, -0.25) is 10.1 Å². The Labute approximate surface area is 94.1 Å². The molecule has 0 aliphatic carbocycles. The van der Waals surface area contributed by atoms with Crippen molar-refractivity contribution in [2.75, 3.05) is 6.54 Å². The molecule has 0 bridgehead atoms. The average Bonchev–Trinajstić information content (AvgIpc) is 2.10. The number of aliphatic carboxylic acids is 1. The van der Waals surface area contributed by atoms with Crippen LogP contribution in [0.25, 0.3) is 0 Å². The lowest BCUT2D eigenvalue weighted by molar-refractivity contribution is -0.139. The lowest BCUT2D eigenvalue weighted by Gasteiger charge is -2.15. The van der Waals surface area contributed by atoms with Crippen molar-refractivity contribution in [2.24, 2.45) is 5.92 Å². The Morgan fingerprint density at radius 1 is 1.57 bits per heavy atom. The second-order valence-electron chi connectivity index (χ2n) is 3.46. The molecule has 0 saturated carbocycles. The van der Waals surface area contributed by atoms with E-state index in [2.05, 4.69) is 5.32 Å². The van der Waals surface area contributed by atoms with Gasteiger partial charge in [0, 0.05) is 17.1 Å². The fourth-order valence-corrected chi connectivity index (χ4v) is 1.16. The Hall–Kier alpha value is -0.250. The largest absolute Gasteiger partial charge is 0.480 e. The van der Waals surface area contributed by atoms with Gasteiger partial charge >= 0.3 is 5.97 Å². The highest BCUT2D eigenvalue weighted by atomic mass is 35.5. The van der Waals surface area contributed by atoms with Gasteiger partial charge in [0.15, 0.2) is 0 Å². The lowest BCUT2D eigenvalue weighted by atomic mass is 10.0. The first-order valence-electron chi connectivity index (χ1n) is 4.38. The topological polar surface area (TPSA) is 49.3 Å². The molecule has 0 spiro atoms. The van der Waals surface area contributed by atoms with Gasteiger partial charge in [-0.05, 0) is 12.3 Å². The van der Waals surface area contributed by atoms with E-state index < -0.39 is 12.0 Å². The van der Waals surface area contributed by atoms with Gasteiger partial charge in [0.05, 0.1) is 0 Å². The van der Waals surface area contributed by atoms with E-state index in [9.17, 15) is 4.79 Å². The molecule has 14 heavy (non-hydrogen) atoms. The van der Waals surface area contributed by atoms with Crippen LogP contribution in [0.5, 0.6) is 0 Å². The van der Waals surface area contributed by atoms with Crippen molar-refractivity contribution in [3.05, 3.63) is 10.6 Å². The predicted molar refractivity (Wildman–Crippen MR) is 58.7 cm³/mol. The van der Waals surface area contributed by atoms with E-state index in [4.69, 9.17) is 28.3 Å². The van der Waals surface area contributed by atoms with E-state index in [-0.39, 0.29) is 6.54 Å². The fourth-order valence-electron chi connectivity index (χ4n) is 1.00. The SMILES string of the molecule is CC(C)CC(NCC(Cl)=CCl)C(=O)O. The van der Waals surface area contributed by atoms with E-state index in [1.165, 1.54) is 5.54 Å². The third-order valence-corrected chi connectivity index (χ3v) is 2.26. The second kappa shape index (κ2) is 7.10. The van der Waals surface area contributed by atoms with Crippen LogP contribution >= 0.6 is 23.2 Å². The first-order chi connectivity index (χ1) is 6.47. The Morgan fingerprint density at radius 3 is 2.50 bits per heavy atom. The van der Waals surface area contributed by atoms with E-state index in [1.807, 2.05) is 13.8 Å². The molecular weight excluding hydrogens is 225 g/mol. The summed E-state index contributed by atoms with van der Waals surface area (Å²) in [4.78, 5) is 10.8. The Morgan fingerprint density at radius 2 is 2.14 bits per heavy atom. The minimum Gasteiger partial charge on any atom is -0.480 e. The molecule has 0 amide bonds. The van der Waals surface area contributed by atoms with Crippen molar-refractivity contribution in [1.82, 2.24) is 5.32 Å². The summed E-state index contributed by atoms with van der Waals surface area (Å²) < 4.78 is 0. The summed E-state index contributed by atoms with van der Waals surface area (Å²) >= 11 is 11.0. The highest BCUT2D eigenvalue weighted by Crippen LogP contribution is 2.07. The van der Waals surface area contributed by atoms with Gasteiger partial charge in [0.2, 0.25) is 0 Å². The maximum Gasteiger partial charge on any atom is 0.320 e.